The van der Waals surface area contributed by atoms with E-state index in [9.17, 15) is 4.39 Å². The van der Waals surface area contributed by atoms with Crippen molar-refractivity contribution in [1.29, 1.82) is 0 Å². The molecule has 0 bridgehead atoms. The summed E-state index contributed by atoms with van der Waals surface area (Å²) in [4.78, 5) is 4.36. The highest BCUT2D eigenvalue weighted by Gasteiger charge is 2.05. The van der Waals surface area contributed by atoms with Gasteiger partial charge >= 0.3 is 0 Å². The maximum atomic E-state index is 13.0. The molecule has 0 amide bonds. The molecule has 0 radical (unpaired) electrons. The molecule has 0 spiro atoms. The molecule has 3 aromatic rings. The second kappa shape index (κ2) is 5.17. The Morgan fingerprint density at radius 3 is 2.80 bits per heavy atom. The van der Waals surface area contributed by atoms with Gasteiger partial charge in [-0.2, -0.15) is 0 Å². The Kier molecular flexibility index (Phi) is 3.21. The Labute approximate surface area is 115 Å². The number of nitrogens with two attached hydrogens (primary N) is 1. The minimum absolute atomic E-state index is 0.290. The van der Waals surface area contributed by atoms with Gasteiger partial charge in [0.15, 0.2) is 0 Å². The summed E-state index contributed by atoms with van der Waals surface area (Å²) in [6, 6.07) is 13.9. The Bertz CT molecular complexity index is 753. The van der Waals surface area contributed by atoms with Crippen molar-refractivity contribution in [2.75, 3.05) is 5.73 Å². The molecule has 1 aromatic heterocycles. The van der Waals surface area contributed by atoms with Crippen molar-refractivity contribution < 1.29 is 9.13 Å². The smallest absolute Gasteiger partial charge is 0.142 e. The third-order valence-electron chi connectivity index (χ3n) is 3.07. The lowest BCUT2D eigenvalue weighted by molar-refractivity contribution is 0.309. The molecule has 0 unspecified atom stereocenters. The number of fused-ring (bicyclic) bond motifs is 1. The standard InChI is InChI=1S/C16H13FN2O/c17-13-6-7-15(14(18)9-13)20-10-12-4-1-3-11-5-2-8-19-16(11)12/h1-9H,10,18H2. The van der Waals surface area contributed by atoms with E-state index in [0.29, 0.717) is 12.4 Å². The zero-order valence-corrected chi connectivity index (χ0v) is 10.7. The minimum atomic E-state index is -0.373. The first-order chi connectivity index (χ1) is 9.74. The number of halogens is 1. The monoisotopic (exact) mass is 268 g/mol. The van der Waals surface area contributed by atoms with E-state index in [1.165, 1.54) is 18.2 Å². The summed E-state index contributed by atoms with van der Waals surface area (Å²) < 4.78 is 18.6. The number of ether oxygens (including phenoxy) is 1. The third-order valence-corrected chi connectivity index (χ3v) is 3.07. The van der Waals surface area contributed by atoms with Gasteiger partial charge in [-0.1, -0.05) is 24.3 Å². The molecule has 2 aromatic carbocycles. The molecule has 3 nitrogen and oxygen atoms in total. The topological polar surface area (TPSA) is 48.1 Å². The molecule has 3 rings (SSSR count). The van der Waals surface area contributed by atoms with Gasteiger partial charge in [-0.3, -0.25) is 4.98 Å². The molecule has 0 fully saturated rings. The number of rotatable bonds is 3. The number of anilines is 1. The number of pyridine rings is 1. The molecule has 0 aliphatic carbocycles. The summed E-state index contributed by atoms with van der Waals surface area (Å²) in [6.45, 7) is 0.337. The van der Waals surface area contributed by atoms with Gasteiger partial charge in [0.05, 0.1) is 11.2 Å². The summed E-state index contributed by atoms with van der Waals surface area (Å²) in [5.41, 5.74) is 7.87. The lowest BCUT2D eigenvalue weighted by Gasteiger charge is -2.10. The van der Waals surface area contributed by atoms with Crippen LogP contribution in [-0.4, -0.2) is 4.98 Å². The summed E-state index contributed by atoms with van der Waals surface area (Å²) in [6.07, 6.45) is 1.75. The predicted molar refractivity (Wildman–Crippen MR) is 76.9 cm³/mol. The molecular weight excluding hydrogens is 255 g/mol. The van der Waals surface area contributed by atoms with Gasteiger partial charge in [-0.15, -0.1) is 0 Å². The van der Waals surface area contributed by atoms with Crippen LogP contribution in [0.2, 0.25) is 0 Å². The average molecular weight is 268 g/mol. The number of benzene rings is 2. The molecule has 0 saturated heterocycles. The van der Waals surface area contributed by atoms with Crippen LogP contribution in [0.15, 0.2) is 54.7 Å². The number of nitrogens with zero attached hydrogens (tertiary/aromatic N) is 1. The Hall–Kier alpha value is -2.62. The van der Waals surface area contributed by atoms with Crippen LogP contribution in [0.4, 0.5) is 10.1 Å². The molecule has 2 N–H and O–H groups in total. The summed E-state index contributed by atoms with van der Waals surface area (Å²) >= 11 is 0. The highest BCUT2D eigenvalue weighted by molar-refractivity contribution is 5.81. The normalized spacial score (nSPS) is 10.7. The van der Waals surface area contributed by atoms with Gasteiger partial charge in [0.25, 0.3) is 0 Å². The summed E-state index contributed by atoms with van der Waals surface area (Å²) in [7, 11) is 0. The Morgan fingerprint density at radius 1 is 1.10 bits per heavy atom. The maximum absolute atomic E-state index is 13.0. The molecule has 4 heteroatoms. The van der Waals surface area contributed by atoms with Crippen LogP contribution in [-0.2, 0) is 6.61 Å². The Morgan fingerprint density at radius 2 is 1.95 bits per heavy atom. The molecule has 20 heavy (non-hydrogen) atoms. The number of hydrogen-bond donors (Lipinski definition) is 1. The van der Waals surface area contributed by atoms with Crippen molar-refractivity contribution in [3.63, 3.8) is 0 Å². The fraction of sp³-hybridized carbons (Fsp3) is 0.0625. The lowest BCUT2D eigenvalue weighted by atomic mass is 10.1. The van der Waals surface area contributed by atoms with Gasteiger partial charge in [-0.25, -0.2) is 4.39 Å². The molecular formula is C16H13FN2O. The highest BCUT2D eigenvalue weighted by Crippen LogP contribution is 2.24. The SMILES string of the molecule is Nc1cc(F)ccc1OCc1cccc2cccnc12. The molecule has 100 valence electrons. The van der Waals surface area contributed by atoms with E-state index in [1.54, 1.807) is 6.20 Å². The van der Waals surface area contributed by atoms with Crippen LogP contribution in [0.5, 0.6) is 5.75 Å². The van der Waals surface area contributed by atoms with Crippen LogP contribution in [0.1, 0.15) is 5.56 Å². The third kappa shape index (κ3) is 2.40. The van der Waals surface area contributed by atoms with Crippen LogP contribution < -0.4 is 10.5 Å². The second-order valence-electron chi connectivity index (χ2n) is 4.46. The number of hydrogen-bond acceptors (Lipinski definition) is 3. The van der Waals surface area contributed by atoms with Crippen LogP contribution >= 0.6 is 0 Å². The van der Waals surface area contributed by atoms with Crippen LogP contribution in [0.3, 0.4) is 0 Å². The average Bonchev–Trinajstić information content (AvgIpc) is 2.46. The fourth-order valence-corrected chi connectivity index (χ4v) is 2.09. The van der Waals surface area contributed by atoms with E-state index in [1.807, 2.05) is 30.3 Å². The molecule has 0 aliphatic rings. The van der Waals surface area contributed by atoms with Gasteiger partial charge < -0.3 is 10.5 Å². The van der Waals surface area contributed by atoms with Gasteiger partial charge in [0.2, 0.25) is 0 Å². The molecule has 1 heterocycles. The zero-order valence-electron chi connectivity index (χ0n) is 10.7. The molecule has 0 atom stereocenters. The Balaban J connectivity index is 1.87. The van der Waals surface area contributed by atoms with Gasteiger partial charge in [0.1, 0.15) is 18.2 Å². The first-order valence-electron chi connectivity index (χ1n) is 6.24. The predicted octanol–water partition coefficient (Wildman–Crippen LogP) is 3.54. The lowest BCUT2D eigenvalue weighted by Crippen LogP contribution is -2.00. The van der Waals surface area contributed by atoms with Crippen molar-refractivity contribution in [2.24, 2.45) is 0 Å². The van der Waals surface area contributed by atoms with Crippen molar-refractivity contribution in [2.45, 2.75) is 6.61 Å². The van der Waals surface area contributed by atoms with Crippen LogP contribution in [0, 0.1) is 5.82 Å². The zero-order chi connectivity index (χ0) is 13.9. The van der Waals surface area contributed by atoms with Crippen molar-refractivity contribution in [1.82, 2.24) is 4.98 Å². The maximum Gasteiger partial charge on any atom is 0.142 e. The first kappa shape index (κ1) is 12.4. The van der Waals surface area contributed by atoms with Crippen LogP contribution in [0.25, 0.3) is 10.9 Å². The molecule has 0 aliphatic heterocycles. The fourth-order valence-electron chi connectivity index (χ4n) is 2.09. The quantitative estimate of drug-likeness (QED) is 0.739. The van der Waals surface area contributed by atoms with E-state index >= 15 is 0 Å². The largest absolute Gasteiger partial charge is 0.487 e. The van der Waals surface area contributed by atoms with E-state index in [0.717, 1.165) is 16.5 Å². The van der Waals surface area contributed by atoms with Crippen molar-refractivity contribution >= 4 is 16.6 Å². The van der Waals surface area contributed by atoms with E-state index < -0.39 is 0 Å². The van der Waals surface area contributed by atoms with Crippen molar-refractivity contribution in [3.8, 4) is 5.75 Å². The van der Waals surface area contributed by atoms with Crippen molar-refractivity contribution in [3.05, 3.63) is 66.1 Å². The molecule has 0 saturated carbocycles. The van der Waals surface area contributed by atoms with E-state index in [4.69, 9.17) is 10.5 Å². The number of aromatic nitrogens is 1. The van der Waals surface area contributed by atoms with Gasteiger partial charge in [0, 0.05) is 23.2 Å². The first-order valence-corrected chi connectivity index (χ1v) is 6.24. The number of nitrogen functional groups attached to an aromatic ring is 1. The second-order valence-corrected chi connectivity index (χ2v) is 4.46. The van der Waals surface area contributed by atoms with E-state index in [2.05, 4.69) is 4.98 Å². The summed E-state index contributed by atoms with van der Waals surface area (Å²) in [5, 5.41) is 1.06. The summed E-state index contributed by atoms with van der Waals surface area (Å²) in [5.74, 6) is 0.0982. The van der Waals surface area contributed by atoms with Gasteiger partial charge in [-0.05, 0) is 18.2 Å². The minimum Gasteiger partial charge on any atom is -0.487 e. The highest BCUT2D eigenvalue weighted by atomic mass is 19.1. The number of para-hydroxylation sites is 1. The van der Waals surface area contributed by atoms with E-state index in [-0.39, 0.29) is 11.5 Å².